The Kier molecular flexibility index (Phi) is 8.93. The predicted molar refractivity (Wildman–Crippen MR) is 131 cm³/mol. The number of carboxylic acids is 2. The zero-order chi connectivity index (χ0) is 27.4. The van der Waals surface area contributed by atoms with Gasteiger partial charge in [0.2, 0.25) is 0 Å². The van der Waals surface area contributed by atoms with E-state index in [1.807, 2.05) is 0 Å². The van der Waals surface area contributed by atoms with Crippen molar-refractivity contribution in [3.05, 3.63) is 22.3 Å². The van der Waals surface area contributed by atoms with Gasteiger partial charge in [-0.3, -0.25) is 4.79 Å². The quantitative estimate of drug-likeness (QED) is 0.193. The van der Waals surface area contributed by atoms with E-state index in [-0.39, 0.29) is 16.7 Å². The maximum atomic E-state index is 12.6. The minimum absolute atomic E-state index is 0.0382. The van der Waals surface area contributed by atoms with Gasteiger partial charge in [-0.1, -0.05) is 19.0 Å². The zero-order valence-electron chi connectivity index (χ0n) is 21.3. The summed E-state index contributed by atoms with van der Waals surface area (Å²) >= 11 is 0. The van der Waals surface area contributed by atoms with Crippen LogP contribution in [0, 0.1) is 44.6 Å². The van der Waals surface area contributed by atoms with E-state index in [2.05, 4.69) is 19.0 Å². The molecule has 7 atom stereocenters. The fraction of sp³-hybridized carbons (Fsp3) is 0.760. The number of carbonyl (C=O) groups excluding carboxylic acids is 1. The molecule has 4 fully saturated rings. The minimum Gasteiger partial charge on any atom is -0.478 e. The summed E-state index contributed by atoms with van der Waals surface area (Å²) in [6.45, 7) is 5.20. The summed E-state index contributed by atoms with van der Waals surface area (Å²) in [7, 11) is 0. The molecule has 0 bridgehead atoms. The van der Waals surface area contributed by atoms with Gasteiger partial charge in [-0.05, 0) is 74.0 Å². The summed E-state index contributed by atoms with van der Waals surface area (Å²) in [5.41, 5.74) is 6.14. The van der Waals surface area contributed by atoms with E-state index < -0.39 is 23.1 Å². The van der Waals surface area contributed by atoms with Gasteiger partial charge in [-0.25, -0.2) is 9.59 Å². The molecule has 4 aliphatic rings. The monoisotopic (exact) mass is 523 g/mol. The highest BCUT2D eigenvalue weighted by Gasteiger charge is 2.62. The molecule has 206 valence electrons. The number of Topliss-reactive ketones (excluding diaryl/α,β-unsaturated/α-hetero) is 1. The lowest BCUT2D eigenvalue weighted by molar-refractivity contribution is -0.772. The number of ketones is 1. The van der Waals surface area contributed by atoms with Crippen molar-refractivity contribution in [3.8, 4) is 0 Å². The topological polar surface area (TPSA) is 192 Å². The van der Waals surface area contributed by atoms with Crippen molar-refractivity contribution in [1.29, 1.82) is 0 Å². The van der Waals surface area contributed by atoms with Crippen molar-refractivity contribution in [2.24, 2.45) is 45.4 Å². The van der Waals surface area contributed by atoms with Gasteiger partial charge in [0.1, 0.15) is 18.5 Å². The Labute approximate surface area is 215 Å². The molecular formula is C25H37N3O9. The Bertz CT molecular complexity index is 951. The first-order valence-corrected chi connectivity index (χ1v) is 12.8. The lowest BCUT2D eigenvalue weighted by Crippen LogP contribution is -2.58. The van der Waals surface area contributed by atoms with Crippen LogP contribution in [0.1, 0.15) is 65.2 Å². The Morgan fingerprint density at radius 1 is 1.14 bits per heavy atom. The van der Waals surface area contributed by atoms with Crippen molar-refractivity contribution < 1.29 is 39.4 Å². The third-order valence-electron chi connectivity index (χ3n) is 9.19. The average Bonchev–Trinajstić information content (AvgIpc) is 3.13. The minimum atomic E-state index is -1.26. The maximum absolute atomic E-state index is 12.6. The second-order valence-electron chi connectivity index (χ2n) is 11.0. The number of nitrogens with two attached hydrogens (primary N) is 1. The van der Waals surface area contributed by atoms with Crippen LogP contribution in [-0.2, 0) is 24.1 Å². The molecule has 12 heteroatoms. The van der Waals surface area contributed by atoms with Crippen LogP contribution in [-0.4, -0.2) is 58.0 Å². The van der Waals surface area contributed by atoms with Gasteiger partial charge in [0, 0.05) is 30.5 Å². The molecule has 0 aliphatic heterocycles. The average molecular weight is 524 g/mol. The van der Waals surface area contributed by atoms with Crippen LogP contribution in [0.2, 0.25) is 0 Å². The summed E-state index contributed by atoms with van der Waals surface area (Å²) in [5, 5.41) is 30.5. The van der Waals surface area contributed by atoms with Crippen LogP contribution >= 0.6 is 0 Å². The third-order valence-corrected chi connectivity index (χ3v) is 9.19. The van der Waals surface area contributed by atoms with Crippen LogP contribution in [0.4, 0.5) is 0 Å². The number of carbonyl (C=O) groups is 3. The highest BCUT2D eigenvalue weighted by Crippen LogP contribution is 2.65. The molecule has 0 unspecified atom stereocenters. The van der Waals surface area contributed by atoms with Crippen molar-refractivity contribution in [3.63, 3.8) is 0 Å². The van der Waals surface area contributed by atoms with E-state index in [1.165, 1.54) is 0 Å². The molecule has 0 saturated heterocycles. The number of oxime groups is 1. The molecule has 4 saturated carbocycles. The van der Waals surface area contributed by atoms with Crippen molar-refractivity contribution in [2.75, 3.05) is 13.2 Å². The Balaban J connectivity index is 0.000000414. The van der Waals surface area contributed by atoms with Gasteiger partial charge in [0.05, 0.1) is 5.71 Å². The fourth-order valence-corrected chi connectivity index (χ4v) is 7.49. The van der Waals surface area contributed by atoms with Crippen LogP contribution in [0.15, 0.2) is 17.3 Å². The number of hydrogen-bond donors (Lipinski definition) is 3. The molecule has 0 radical (unpaired) electrons. The lowest BCUT2D eigenvalue weighted by Gasteiger charge is -2.61. The van der Waals surface area contributed by atoms with E-state index in [0.717, 1.165) is 37.8 Å². The Morgan fingerprint density at radius 3 is 2.41 bits per heavy atom. The third kappa shape index (κ3) is 6.11. The highest BCUT2D eigenvalue weighted by atomic mass is 17.0. The molecular weight excluding hydrogens is 486 g/mol. The molecule has 4 aliphatic carbocycles. The molecule has 0 aromatic carbocycles. The van der Waals surface area contributed by atoms with Gasteiger partial charge in [-0.15, -0.1) is 10.1 Å². The second-order valence-corrected chi connectivity index (χ2v) is 11.0. The molecule has 0 spiro atoms. The number of fused-ring (bicyclic) bond motifs is 5. The second kappa shape index (κ2) is 11.6. The van der Waals surface area contributed by atoms with Gasteiger partial charge in [-0.2, -0.15) is 0 Å². The van der Waals surface area contributed by atoms with Gasteiger partial charge < -0.3 is 25.6 Å². The van der Waals surface area contributed by atoms with E-state index in [4.69, 9.17) is 25.6 Å². The SMILES string of the molecule is C[C@]12CC/C(=N\OCCN)C[C@@H]1[C@H](O[N+](=O)[O-])C[C@@H]1[C@@H]2CC[C@]2(C)C(=O)CC[C@@H]12.O=C(O)/C=C/C(=O)O. The molecule has 4 rings (SSSR count). The molecule has 0 amide bonds. The first kappa shape index (κ1) is 28.5. The lowest BCUT2D eigenvalue weighted by atomic mass is 9.44. The standard InChI is InChI=1S/C21H33N3O5.C4H4O4/c1-20-7-5-13(23-28-10-9-22)11-17(20)18(29-24(26)27)12-14-15-3-4-19(25)21(15,2)8-6-16(14)20;5-3(6)1-2-4(7)8/h14-18H,3-12,22H2,1-2H3;1-2H,(H,5,6)(H,7,8)/b23-13+;2-1+/t14-,15-,16-,17+,18+,20+,21-;/m0./s1. The summed E-state index contributed by atoms with van der Waals surface area (Å²) < 4.78 is 0. The summed E-state index contributed by atoms with van der Waals surface area (Å²) in [6.07, 6.45) is 7.31. The molecule has 4 N–H and O–H groups in total. The molecule has 12 nitrogen and oxygen atoms in total. The van der Waals surface area contributed by atoms with Crippen LogP contribution in [0.5, 0.6) is 0 Å². The van der Waals surface area contributed by atoms with E-state index in [0.29, 0.717) is 68.1 Å². The van der Waals surface area contributed by atoms with E-state index in [9.17, 15) is 24.5 Å². The number of aliphatic carboxylic acids is 2. The smallest absolute Gasteiger partial charge is 0.328 e. The van der Waals surface area contributed by atoms with Gasteiger partial charge >= 0.3 is 11.9 Å². The maximum Gasteiger partial charge on any atom is 0.328 e. The zero-order valence-corrected chi connectivity index (χ0v) is 21.3. The van der Waals surface area contributed by atoms with Crippen molar-refractivity contribution in [1.82, 2.24) is 0 Å². The van der Waals surface area contributed by atoms with Crippen molar-refractivity contribution in [2.45, 2.75) is 71.3 Å². The first-order valence-electron chi connectivity index (χ1n) is 12.8. The normalized spacial score (nSPS) is 37.5. The number of carboxylic acid groups (broad SMARTS) is 2. The molecule has 0 heterocycles. The van der Waals surface area contributed by atoms with E-state index >= 15 is 0 Å². The summed E-state index contributed by atoms with van der Waals surface area (Å²) in [4.78, 5) is 53.6. The van der Waals surface area contributed by atoms with Crippen LogP contribution in [0.25, 0.3) is 0 Å². The Morgan fingerprint density at radius 2 is 1.81 bits per heavy atom. The number of rotatable bonds is 7. The van der Waals surface area contributed by atoms with E-state index in [1.54, 1.807) is 0 Å². The van der Waals surface area contributed by atoms with Gasteiger partial charge in [0.25, 0.3) is 5.09 Å². The number of hydrogen-bond acceptors (Lipinski definition) is 9. The molecule has 37 heavy (non-hydrogen) atoms. The molecule has 0 aromatic rings. The first-order chi connectivity index (χ1) is 17.4. The van der Waals surface area contributed by atoms with Crippen molar-refractivity contribution >= 4 is 23.4 Å². The predicted octanol–water partition coefficient (Wildman–Crippen LogP) is 2.83. The largest absolute Gasteiger partial charge is 0.478 e. The van der Waals surface area contributed by atoms with Gasteiger partial charge in [0.15, 0.2) is 0 Å². The molecule has 0 aromatic heterocycles. The highest BCUT2D eigenvalue weighted by molar-refractivity contribution is 5.89. The van der Waals surface area contributed by atoms with Crippen LogP contribution in [0.3, 0.4) is 0 Å². The summed E-state index contributed by atoms with van der Waals surface area (Å²) in [6, 6.07) is 0. The fourth-order valence-electron chi connectivity index (χ4n) is 7.49. The summed E-state index contributed by atoms with van der Waals surface area (Å²) in [5.74, 6) is -0.959. The Hall–Kier alpha value is -3.02. The van der Waals surface area contributed by atoms with Crippen LogP contribution < -0.4 is 5.73 Å². The number of nitrogens with zero attached hydrogens (tertiary/aromatic N) is 2.